The number of phenolic OH excluding ortho intramolecular Hbond substituents is 1. The molecule has 4 atom stereocenters. The standard InChI is InChI=1S/C41H44N2O10/c1-42(22-37(44)45)14-12-26-19-33(50-4)35-21-29(26)30(42)16-24-6-9-28(10-7-24)52-34-18-25(8-11-32(34)49-3)17-31-39-27(13-15-43(31,2)23-38(46)47)20-36(51-5)40(48)41(39)53-35/h6-11,18-21,30-31H,12-17,22-23H2,1-5H3,(H-2,44,45,46,47,48). The maximum absolute atomic E-state index is 12.3. The van der Waals surface area contributed by atoms with Gasteiger partial charge in [0.2, 0.25) is 5.75 Å². The highest BCUT2D eigenvalue weighted by Crippen LogP contribution is 2.53. The molecule has 12 heteroatoms. The molecule has 0 spiro atoms. The zero-order chi connectivity index (χ0) is 37.7. The molecule has 8 rings (SSSR count). The maximum atomic E-state index is 12.3. The van der Waals surface area contributed by atoms with Gasteiger partial charge < -0.3 is 57.6 Å². The van der Waals surface area contributed by atoms with Gasteiger partial charge in [-0.2, -0.15) is 0 Å². The summed E-state index contributed by atoms with van der Waals surface area (Å²) in [7, 11) is 8.39. The Morgan fingerprint density at radius 2 is 1.28 bits per heavy atom. The third-order valence-electron chi connectivity index (χ3n) is 11.4. The number of hydrogen-bond acceptors (Lipinski definition) is 10. The quantitative estimate of drug-likeness (QED) is 0.282. The second kappa shape index (κ2) is 13.8. The SMILES string of the molecule is COc1ccc2cc1Oc1ccc(cc1)CC1c3cc(c(OC)cc3CC[N+]1(C)CC(=O)[O-])Oc1c(O)c(OC)cc3c1C(C2)[N+](C)(CC(=O)[O-])CC3. The predicted molar refractivity (Wildman–Crippen MR) is 189 cm³/mol. The Kier molecular flexibility index (Phi) is 9.37. The Hall–Kier alpha value is -5.46. The van der Waals surface area contributed by atoms with Crippen LogP contribution in [-0.4, -0.2) is 87.6 Å². The van der Waals surface area contributed by atoms with E-state index in [4.69, 9.17) is 23.7 Å². The number of carboxylic acid groups (broad SMARTS) is 2. The highest BCUT2D eigenvalue weighted by atomic mass is 16.5. The monoisotopic (exact) mass is 724 g/mol. The molecule has 0 fully saturated rings. The molecule has 53 heavy (non-hydrogen) atoms. The minimum absolute atomic E-state index is 0.0730. The molecule has 0 saturated heterocycles. The minimum Gasteiger partial charge on any atom is -0.544 e. The van der Waals surface area contributed by atoms with E-state index in [2.05, 4.69) is 0 Å². The summed E-state index contributed by atoms with van der Waals surface area (Å²) in [5.74, 6) is 0.107. The summed E-state index contributed by atoms with van der Waals surface area (Å²) in [5.41, 5.74) is 5.20. The van der Waals surface area contributed by atoms with Crippen LogP contribution >= 0.6 is 0 Å². The van der Waals surface area contributed by atoms with Gasteiger partial charge in [-0.05, 0) is 64.7 Å². The summed E-state index contributed by atoms with van der Waals surface area (Å²) >= 11 is 0. The molecule has 0 amide bonds. The van der Waals surface area contributed by atoms with Gasteiger partial charge in [-0.15, -0.1) is 0 Å². The van der Waals surface area contributed by atoms with E-state index >= 15 is 0 Å². The fourth-order valence-electron chi connectivity index (χ4n) is 8.54. The van der Waals surface area contributed by atoms with Gasteiger partial charge in [0.15, 0.2) is 34.5 Å². The number of carbonyl (C=O) groups excluding carboxylic acids is 2. The van der Waals surface area contributed by atoms with E-state index in [1.54, 1.807) is 20.3 Å². The number of fused-ring (bicyclic) bond motifs is 2. The van der Waals surface area contributed by atoms with E-state index in [1.165, 1.54) is 7.11 Å². The fourth-order valence-corrected chi connectivity index (χ4v) is 8.54. The van der Waals surface area contributed by atoms with E-state index in [-0.39, 0.29) is 45.3 Å². The first kappa shape index (κ1) is 35.9. The average Bonchev–Trinajstić information content (AvgIpc) is 3.11. The molecule has 0 aliphatic carbocycles. The van der Waals surface area contributed by atoms with Crippen LogP contribution in [0.2, 0.25) is 0 Å². The molecular weight excluding hydrogens is 680 g/mol. The highest BCUT2D eigenvalue weighted by Gasteiger charge is 2.44. The Morgan fingerprint density at radius 3 is 1.92 bits per heavy atom. The molecule has 4 aromatic rings. The van der Waals surface area contributed by atoms with Crippen LogP contribution in [0.3, 0.4) is 0 Å². The summed E-state index contributed by atoms with van der Waals surface area (Å²) in [6.45, 7) is 0.572. The summed E-state index contributed by atoms with van der Waals surface area (Å²) in [6.07, 6.45) is 1.93. The largest absolute Gasteiger partial charge is 0.544 e. The molecule has 0 radical (unpaired) electrons. The van der Waals surface area contributed by atoms with Gasteiger partial charge in [-0.3, -0.25) is 0 Å². The zero-order valence-corrected chi connectivity index (χ0v) is 30.6. The number of aromatic hydroxyl groups is 1. The maximum Gasteiger partial charge on any atom is 0.201 e. The van der Waals surface area contributed by atoms with Crippen molar-refractivity contribution in [3.63, 3.8) is 0 Å². The number of hydrogen-bond donors (Lipinski definition) is 1. The van der Waals surface area contributed by atoms with Crippen molar-refractivity contribution in [1.82, 2.24) is 0 Å². The molecule has 4 aliphatic heterocycles. The van der Waals surface area contributed by atoms with E-state index < -0.39 is 18.0 Å². The molecule has 0 aromatic heterocycles. The number of aliphatic carboxylic acids is 2. The van der Waals surface area contributed by atoms with Crippen LogP contribution in [0, 0.1) is 0 Å². The van der Waals surface area contributed by atoms with Crippen LogP contribution in [0.5, 0.6) is 46.0 Å². The number of phenols is 1. The van der Waals surface area contributed by atoms with Crippen LogP contribution in [0.15, 0.2) is 60.7 Å². The average molecular weight is 725 g/mol. The van der Waals surface area contributed by atoms with Crippen molar-refractivity contribution in [3.8, 4) is 46.0 Å². The highest BCUT2D eigenvalue weighted by molar-refractivity contribution is 5.67. The zero-order valence-electron chi connectivity index (χ0n) is 30.6. The van der Waals surface area contributed by atoms with Gasteiger partial charge in [-0.25, -0.2) is 0 Å². The molecule has 4 unspecified atom stereocenters. The van der Waals surface area contributed by atoms with Crippen molar-refractivity contribution in [2.24, 2.45) is 0 Å². The van der Waals surface area contributed by atoms with E-state index in [9.17, 15) is 24.9 Å². The predicted octanol–water partition coefficient (Wildman–Crippen LogP) is 3.39. The first-order valence-corrected chi connectivity index (χ1v) is 17.7. The number of nitrogens with zero attached hydrogens (tertiary/aromatic N) is 2. The number of methoxy groups -OCH3 is 3. The van der Waals surface area contributed by atoms with Crippen molar-refractivity contribution in [2.45, 2.75) is 37.8 Å². The van der Waals surface area contributed by atoms with Gasteiger partial charge in [0.05, 0.1) is 66.0 Å². The lowest BCUT2D eigenvalue weighted by atomic mass is 9.85. The number of quaternary nitrogens is 2. The molecule has 4 aromatic carbocycles. The summed E-state index contributed by atoms with van der Waals surface area (Å²) in [5, 5.41) is 36.4. The van der Waals surface area contributed by atoms with Crippen LogP contribution in [0.25, 0.3) is 0 Å². The van der Waals surface area contributed by atoms with Gasteiger partial charge >= 0.3 is 0 Å². The van der Waals surface area contributed by atoms with Gasteiger partial charge in [0, 0.05) is 31.2 Å². The second-order valence-electron chi connectivity index (χ2n) is 14.8. The molecule has 4 heterocycles. The smallest absolute Gasteiger partial charge is 0.201 e. The Labute approximate surface area is 308 Å². The van der Waals surface area contributed by atoms with Crippen molar-refractivity contribution >= 4 is 11.9 Å². The molecule has 0 saturated carbocycles. The van der Waals surface area contributed by atoms with Crippen molar-refractivity contribution < 1.29 is 57.6 Å². The molecule has 1 N–H and O–H groups in total. The summed E-state index contributed by atoms with van der Waals surface area (Å²) in [6, 6.07) is 18.1. The molecule has 6 bridgehead atoms. The topological polar surface area (TPSA) is 147 Å². The lowest BCUT2D eigenvalue weighted by Crippen LogP contribution is -2.56. The molecule has 278 valence electrons. The Morgan fingerprint density at radius 1 is 0.717 bits per heavy atom. The van der Waals surface area contributed by atoms with Crippen molar-refractivity contribution in [3.05, 3.63) is 94.0 Å². The lowest BCUT2D eigenvalue weighted by Gasteiger charge is -2.47. The molecule has 12 nitrogen and oxygen atoms in total. The van der Waals surface area contributed by atoms with Crippen molar-refractivity contribution in [2.75, 3.05) is 61.6 Å². The third-order valence-corrected chi connectivity index (χ3v) is 11.4. The number of likely N-dealkylation sites (N-methyl/N-ethyl adjacent to an activating group) is 2. The third kappa shape index (κ3) is 6.68. The first-order chi connectivity index (χ1) is 25.3. The van der Waals surface area contributed by atoms with Crippen molar-refractivity contribution in [1.29, 1.82) is 0 Å². The number of benzene rings is 4. The fraction of sp³-hybridized carbons (Fsp3) is 0.366. The number of carbonyl (C=O) groups is 2. The lowest BCUT2D eigenvalue weighted by molar-refractivity contribution is -0.936. The number of rotatable bonds is 7. The van der Waals surface area contributed by atoms with E-state index in [0.29, 0.717) is 73.1 Å². The van der Waals surface area contributed by atoms with E-state index in [0.717, 1.165) is 27.8 Å². The minimum atomic E-state index is -1.20. The first-order valence-electron chi connectivity index (χ1n) is 17.7. The van der Waals surface area contributed by atoms with Crippen LogP contribution in [0.1, 0.15) is 45.5 Å². The summed E-state index contributed by atoms with van der Waals surface area (Å²) in [4.78, 5) is 24.5. The number of ether oxygens (including phenoxy) is 5. The Bertz CT molecular complexity index is 2080. The molecular formula is C41H44N2O10. The molecule has 4 aliphatic rings. The number of carboxylic acids is 2. The normalized spacial score (nSPS) is 23.0. The van der Waals surface area contributed by atoms with Crippen LogP contribution in [-0.2, 0) is 35.3 Å². The van der Waals surface area contributed by atoms with E-state index in [1.807, 2.05) is 68.7 Å². The van der Waals surface area contributed by atoms with Crippen LogP contribution < -0.4 is 33.9 Å². The second-order valence-corrected chi connectivity index (χ2v) is 14.8. The summed E-state index contributed by atoms with van der Waals surface area (Å²) < 4.78 is 30.7. The van der Waals surface area contributed by atoms with Gasteiger partial charge in [0.25, 0.3) is 0 Å². The van der Waals surface area contributed by atoms with Crippen LogP contribution in [0.4, 0.5) is 0 Å². The van der Waals surface area contributed by atoms with Gasteiger partial charge in [-0.1, -0.05) is 18.2 Å². The Balaban J connectivity index is 1.50. The van der Waals surface area contributed by atoms with Gasteiger partial charge in [0.1, 0.15) is 30.9 Å².